The summed E-state index contributed by atoms with van der Waals surface area (Å²) in [7, 11) is 5.74. The molecule has 0 atom stereocenters. The van der Waals surface area contributed by atoms with Gasteiger partial charge in [-0.25, -0.2) is 0 Å². The van der Waals surface area contributed by atoms with Crippen molar-refractivity contribution in [1.29, 1.82) is 0 Å². The van der Waals surface area contributed by atoms with Gasteiger partial charge in [0, 0.05) is 23.2 Å². The average Bonchev–Trinajstić information content (AvgIpc) is 2.67. The van der Waals surface area contributed by atoms with Crippen molar-refractivity contribution in [2.24, 2.45) is 0 Å². The molecule has 1 N–H and O–H groups in total. The number of methoxy groups -OCH3 is 1. The summed E-state index contributed by atoms with van der Waals surface area (Å²) in [5, 5.41) is 14.2. The summed E-state index contributed by atoms with van der Waals surface area (Å²) in [6.07, 6.45) is 1.08. The van der Waals surface area contributed by atoms with Crippen LogP contribution in [0.15, 0.2) is 40.9 Å². The van der Waals surface area contributed by atoms with E-state index in [4.69, 9.17) is 9.47 Å². The summed E-state index contributed by atoms with van der Waals surface area (Å²) >= 11 is 3.60. The fraction of sp³-hybridized carbons (Fsp3) is 0.400. The normalized spacial score (nSPS) is 10.9. The molecule has 0 saturated carbocycles. The molecule has 0 spiro atoms. The highest BCUT2D eigenvalue weighted by Crippen LogP contribution is 2.34. The number of nitro groups is 1. The van der Waals surface area contributed by atoms with Gasteiger partial charge in [0.1, 0.15) is 6.61 Å². The summed E-state index contributed by atoms with van der Waals surface area (Å²) in [5.74, 6) is 1.26. The summed E-state index contributed by atoms with van der Waals surface area (Å²) in [4.78, 5) is 12.5. The van der Waals surface area contributed by atoms with Gasteiger partial charge in [-0.1, -0.05) is 15.9 Å². The molecule has 0 fully saturated rings. The second kappa shape index (κ2) is 11.0. The lowest BCUT2D eigenvalue weighted by Gasteiger charge is -2.15. The zero-order chi connectivity index (χ0) is 20.5. The molecule has 0 aliphatic heterocycles. The Kier molecular flexibility index (Phi) is 8.69. The van der Waals surface area contributed by atoms with Crippen LogP contribution in [-0.4, -0.2) is 44.1 Å². The fourth-order valence-electron chi connectivity index (χ4n) is 2.60. The van der Waals surface area contributed by atoms with E-state index in [0.717, 1.165) is 41.7 Å². The highest BCUT2D eigenvalue weighted by molar-refractivity contribution is 9.10. The van der Waals surface area contributed by atoms with E-state index in [1.165, 1.54) is 12.1 Å². The molecular weight excluding hydrogens is 426 g/mol. The number of nitrogens with zero attached hydrogens (tertiary/aromatic N) is 2. The molecule has 8 heteroatoms. The lowest BCUT2D eigenvalue weighted by molar-refractivity contribution is -0.384. The third-order valence-electron chi connectivity index (χ3n) is 4.15. The highest BCUT2D eigenvalue weighted by Gasteiger charge is 2.11. The van der Waals surface area contributed by atoms with Crippen molar-refractivity contribution < 1.29 is 14.4 Å². The largest absolute Gasteiger partial charge is 0.493 e. The average molecular weight is 452 g/mol. The van der Waals surface area contributed by atoms with Gasteiger partial charge < -0.3 is 19.7 Å². The molecule has 28 heavy (non-hydrogen) atoms. The van der Waals surface area contributed by atoms with E-state index in [-0.39, 0.29) is 5.69 Å². The first-order chi connectivity index (χ1) is 13.4. The second-order valence-electron chi connectivity index (χ2n) is 6.64. The number of rotatable bonds is 11. The minimum absolute atomic E-state index is 0.0616. The van der Waals surface area contributed by atoms with Crippen molar-refractivity contribution in [3.8, 4) is 11.5 Å². The van der Waals surface area contributed by atoms with E-state index in [1.807, 2.05) is 12.1 Å². The number of non-ortho nitro benzene ring substituents is 1. The van der Waals surface area contributed by atoms with Crippen molar-refractivity contribution in [3.05, 3.63) is 62.1 Å². The van der Waals surface area contributed by atoms with Crippen LogP contribution < -0.4 is 14.8 Å². The summed E-state index contributed by atoms with van der Waals surface area (Å²) < 4.78 is 12.3. The van der Waals surface area contributed by atoms with Gasteiger partial charge in [0.15, 0.2) is 11.5 Å². The van der Waals surface area contributed by atoms with Crippen molar-refractivity contribution in [2.75, 3.05) is 34.3 Å². The van der Waals surface area contributed by atoms with Crippen molar-refractivity contribution >= 4 is 21.6 Å². The maximum Gasteiger partial charge on any atom is 0.269 e. The van der Waals surface area contributed by atoms with Crippen LogP contribution in [0.25, 0.3) is 0 Å². The smallest absolute Gasteiger partial charge is 0.269 e. The Bertz CT molecular complexity index is 782. The van der Waals surface area contributed by atoms with Gasteiger partial charge in [0.05, 0.1) is 12.0 Å². The summed E-state index contributed by atoms with van der Waals surface area (Å²) in [6.45, 7) is 3.01. The molecule has 0 saturated heterocycles. The standard InChI is InChI=1S/C20H26BrN3O4/c1-23(2)10-4-9-22-13-16-11-19(27-3)20(12-18(16)21)28-14-15-5-7-17(8-6-15)24(25)26/h5-8,11-12,22H,4,9-10,13-14H2,1-3H3. The van der Waals surface area contributed by atoms with Crippen LogP contribution in [-0.2, 0) is 13.2 Å². The highest BCUT2D eigenvalue weighted by atomic mass is 79.9. The molecular formula is C20H26BrN3O4. The van der Waals surface area contributed by atoms with E-state index < -0.39 is 4.92 Å². The number of nitro benzene ring substituents is 1. The SMILES string of the molecule is COc1cc(CNCCCN(C)C)c(Br)cc1OCc1ccc([N+](=O)[O-])cc1. The Hall–Kier alpha value is -2.16. The quantitative estimate of drug-likeness (QED) is 0.316. The number of hydrogen-bond donors (Lipinski definition) is 1. The van der Waals surface area contributed by atoms with Crippen LogP contribution in [0.5, 0.6) is 11.5 Å². The number of ether oxygens (including phenoxy) is 2. The Morgan fingerprint density at radius 3 is 2.50 bits per heavy atom. The predicted molar refractivity (Wildman–Crippen MR) is 113 cm³/mol. The molecule has 0 aliphatic carbocycles. The lowest BCUT2D eigenvalue weighted by atomic mass is 10.2. The van der Waals surface area contributed by atoms with Gasteiger partial charge >= 0.3 is 0 Å². The molecule has 2 aromatic rings. The van der Waals surface area contributed by atoms with Crippen molar-refractivity contribution in [2.45, 2.75) is 19.6 Å². The molecule has 0 bridgehead atoms. The molecule has 2 rings (SSSR count). The fourth-order valence-corrected chi connectivity index (χ4v) is 3.07. The van der Waals surface area contributed by atoms with Crippen LogP contribution in [0.3, 0.4) is 0 Å². The van der Waals surface area contributed by atoms with E-state index in [2.05, 4.69) is 40.2 Å². The van der Waals surface area contributed by atoms with Crippen molar-refractivity contribution in [1.82, 2.24) is 10.2 Å². The van der Waals surface area contributed by atoms with Crippen LogP contribution in [0.1, 0.15) is 17.5 Å². The molecule has 152 valence electrons. The number of benzene rings is 2. The van der Waals surface area contributed by atoms with E-state index in [1.54, 1.807) is 19.2 Å². The van der Waals surface area contributed by atoms with Crippen LogP contribution in [0, 0.1) is 10.1 Å². The number of nitrogens with one attached hydrogen (secondary N) is 1. The van der Waals surface area contributed by atoms with Gasteiger partial charge in [0.25, 0.3) is 5.69 Å². The minimum Gasteiger partial charge on any atom is -0.493 e. The van der Waals surface area contributed by atoms with Crippen molar-refractivity contribution in [3.63, 3.8) is 0 Å². The molecule has 0 aliphatic rings. The first kappa shape index (κ1) is 22.1. The maximum absolute atomic E-state index is 10.7. The number of hydrogen-bond acceptors (Lipinski definition) is 6. The summed E-state index contributed by atoms with van der Waals surface area (Å²) in [5.41, 5.74) is 1.99. The van der Waals surface area contributed by atoms with Gasteiger partial charge in [-0.15, -0.1) is 0 Å². The third-order valence-corrected chi connectivity index (χ3v) is 4.89. The second-order valence-corrected chi connectivity index (χ2v) is 7.49. The molecule has 0 heterocycles. The van der Waals surface area contributed by atoms with E-state index in [9.17, 15) is 10.1 Å². The Labute approximate surface area is 173 Å². The molecule has 0 radical (unpaired) electrons. The van der Waals surface area contributed by atoms with E-state index >= 15 is 0 Å². The monoisotopic (exact) mass is 451 g/mol. The number of halogens is 1. The van der Waals surface area contributed by atoms with Gasteiger partial charge in [-0.3, -0.25) is 10.1 Å². The molecule has 0 aromatic heterocycles. The maximum atomic E-state index is 10.7. The Balaban J connectivity index is 1.97. The first-order valence-corrected chi connectivity index (χ1v) is 9.78. The topological polar surface area (TPSA) is 76.9 Å². The third kappa shape index (κ3) is 6.78. The first-order valence-electron chi connectivity index (χ1n) is 8.98. The van der Waals surface area contributed by atoms with Gasteiger partial charge in [-0.05, 0) is 69.0 Å². The molecule has 7 nitrogen and oxygen atoms in total. The van der Waals surface area contributed by atoms with E-state index in [0.29, 0.717) is 18.1 Å². The van der Waals surface area contributed by atoms with Crippen LogP contribution in [0.4, 0.5) is 5.69 Å². The van der Waals surface area contributed by atoms with Crippen LogP contribution >= 0.6 is 15.9 Å². The van der Waals surface area contributed by atoms with Gasteiger partial charge in [-0.2, -0.15) is 0 Å². The summed E-state index contributed by atoms with van der Waals surface area (Å²) in [6, 6.07) is 10.2. The van der Waals surface area contributed by atoms with Gasteiger partial charge in [0.2, 0.25) is 0 Å². The zero-order valence-electron chi connectivity index (χ0n) is 16.4. The van der Waals surface area contributed by atoms with Crippen LogP contribution in [0.2, 0.25) is 0 Å². The minimum atomic E-state index is -0.419. The molecule has 0 amide bonds. The zero-order valence-corrected chi connectivity index (χ0v) is 18.0. The lowest BCUT2D eigenvalue weighted by Crippen LogP contribution is -2.21. The Morgan fingerprint density at radius 2 is 1.89 bits per heavy atom. The molecule has 0 unspecified atom stereocenters. The predicted octanol–water partition coefficient (Wildman–Crippen LogP) is 3.99. The molecule has 2 aromatic carbocycles. The Morgan fingerprint density at radius 1 is 1.18 bits per heavy atom.